The van der Waals surface area contributed by atoms with Gasteiger partial charge in [-0.2, -0.15) is 0 Å². The lowest BCUT2D eigenvalue weighted by molar-refractivity contribution is -0.117. The Morgan fingerprint density at radius 2 is 2.26 bits per heavy atom. The van der Waals surface area contributed by atoms with Crippen molar-refractivity contribution in [3.05, 3.63) is 29.8 Å². The second-order valence-corrected chi connectivity index (χ2v) is 6.84. The monoisotopic (exact) mass is 374 g/mol. The minimum absolute atomic E-state index is 0.0581. The summed E-state index contributed by atoms with van der Waals surface area (Å²) >= 11 is 0. The lowest BCUT2D eigenvalue weighted by Crippen LogP contribution is -2.44. The first-order valence-corrected chi connectivity index (χ1v) is 9.80. The molecule has 1 atom stereocenters. The first kappa shape index (κ1) is 19.6. The standard InChI is InChI=1S/C20H30N4O3/c1-21-20(22-10-5-12-26-15-17-7-4-13-27-17)23-14-19(25)24-11-9-16-6-2-3-8-18(16)24/h2-3,6,8,17H,4-5,7,9-15H2,1H3,(H2,21,22,23). The topological polar surface area (TPSA) is 75.2 Å². The number of nitrogens with zero attached hydrogens (tertiary/aromatic N) is 2. The average molecular weight is 374 g/mol. The van der Waals surface area contributed by atoms with Gasteiger partial charge in [-0.05, 0) is 37.3 Å². The van der Waals surface area contributed by atoms with Gasteiger partial charge >= 0.3 is 0 Å². The van der Waals surface area contributed by atoms with Crippen LogP contribution in [0.15, 0.2) is 29.3 Å². The van der Waals surface area contributed by atoms with Crippen LogP contribution in [0, 0.1) is 0 Å². The molecule has 2 heterocycles. The van der Waals surface area contributed by atoms with E-state index < -0.39 is 0 Å². The third-order valence-corrected chi connectivity index (χ3v) is 4.90. The quantitative estimate of drug-likeness (QED) is 0.408. The summed E-state index contributed by atoms with van der Waals surface area (Å²) in [6.45, 7) is 3.94. The fourth-order valence-electron chi connectivity index (χ4n) is 3.44. The molecule has 148 valence electrons. The van der Waals surface area contributed by atoms with Crippen LogP contribution in [0.3, 0.4) is 0 Å². The van der Waals surface area contributed by atoms with E-state index >= 15 is 0 Å². The second-order valence-electron chi connectivity index (χ2n) is 6.84. The van der Waals surface area contributed by atoms with Crippen molar-refractivity contribution in [1.82, 2.24) is 10.6 Å². The van der Waals surface area contributed by atoms with E-state index in [4.69, 9.17) is 9.47 Å². The zero-order valence-electron chi connectivity index (χ0n) is 16.1. The van der Waals surface area contributed by atoms with Gasteiger partial charge in [-0.3, -0.25) is 9.79 Å². The van der Waals surface area contributed by atoms with E-state index in [1.165, 1.54) is 5.56 Å². The van der Waals surface area contributed by atoms with Gasteiger partial charge < -0.3 is 25.0 Å². The minimum atomic E-state index is 0.0581. The van der Waals surface area contributed by atoms with Crippen LogP contribution in [-0.2, 0) is 20.7 Å². The van der Waals surface area contributed by atoms with Gasteiger partial charge in [0.05, 0.1) is 19.3 Å². The van der Waals surface area contributed by atoms with Gasteiger partial charge in [-0.25, -0.2) is 0 Å². The van der Waals surface area contributed by atoms with E-state index in [0.29, 0.717) is 19.2 Å². The number of rotatable bonds is 8. The number of ether oxygens (including phenoxy) is 2. The van der Waals surface area contributed by atoms with Crippen LogP contribution in [0.25, 0.3) is 0 Å². The average Bonchev–Trinajstić information content (AvgIpc) is 3.36. The molecule has 2 N–H and O–H groups in total. The molecule has 27 heavy (non-hydrogen) atoms. The zero-order valence-corrected chi connectivity index (χ0v) is 16.1. The summed E-state index contributed by atoms with van der Waals surface area (Å²) in [5.41, 5.74) is 2.26. The van der Waals surface area contributed by atoms with Crippen molar-refractivity contribution in [2.24, 2.45) is 4.99 Å². The number of fused-ring (bicyclic) bond motifs is 1. The van der Waals surface area contributed by atoms with Crippen molar-refractivity contribution in [2.75, 3.05) is 51.4 Å². The van der Waals surface area contributed by atoms with Gasteiger partial charge in [0.1, 0.15) is 0 Å². The Balaban J connectivity index is 1.30. The molecular weight excluding hydrogens is 344 g/mol. The Morgan fingerprint density at radius 3 is 3.07 bits per heavy atom. The fraction of sp³-hybridized carbons (Fsp3) is 0.600. The highest BCUT2D eigenvalue weighted by Crippen LogP contribution is 2.27. The van der Waals surface area contributed by atoms with Crippen LogP contribution in [0.4, 0.5) is 5.69 Å². The minimum Gasteiger partial charge on any atom is -0.379 e. The third kappa shape index (κ3) is 5.68. The highest BCUT2D eigenvalue weighted by molar-refractivity contribution is 5.98. The molecule has 1 fully saturated rings. The van der Waals surface area contributed by atoms with Crippen molar-refractivity contribution in [3.8, 4) is 0 Å². The molecule has 3 rings (SSSR count). The molecule has 1 saturated heterocycles. The lowest BCUT2D eigenvalue weighted by atomic mass is 10.2. The highest BCUT2D eigenvalue weighted by Gasteiger charge is 2.23. The molecule has 2 aliphatic heterocycles. The predicted molar refractivity (Wildman–Crippen MR) is 106 cm³/mol. The molecule has 0 aromatic heterocycles. The Morgan fingerprint density at radius 1 is 1.37 bits per heavy atom. The molecule has 0 saturated carbocycles. The Bertz CT molecular complexity index is 644. The van der Waals surface area contributed by atoms with E-state index in [1.54, 1.807) is 7.05 Å². The molecular formula is C20H30N4O3. The number of benzene rings is 1. The van der Waals surface area contributed by atoms with Gasteiger partial charge in [0.2, 0.25) is 5.91 Å². The van der Waals surface area contributed by atoms with Crippen LogP contribution in [-0.4, -0.2) is 64.5 Å². The third-order valence-electron chi connectivity index (χ3n) is 4.90. The molecule has 0 bridgehead atoms. The number of amides is 1. The lowest BCUT2D eigenvalue weighted by Gasteiger charge is -2.19. The summed E-state index contributed by atoms with van der Waals surface area (Å²) in [5, 5.41) is 6.32. The highest BCUT2D eigenvalue weighted by atomic mass is 16.5. The molecule has 1 aromatic rings. The van der Waals surface area contributed by atoms with Gasteiger partial charge in [0, 0.05) is 39.0 Å². The summed E-state index contributed by atoms with van der Waals surface area (Å²) in [5.74, 6) is 0.692. The molecule has 0 aliphatic carbocycles. The number of carbonyl (C=O) groups is 1. The fourth-order valence-corrected chi connectivity index (χ4v) is 3.44. The molecule has 7 nitrogen and oxygen atoms in total. The van der Waals surface area contributed by atoms with E-state index in [2.05, 4.69) is 21.7 Å². The smallest absolute Gasteiger partial charge is 0.246 e. The molecule has 0 radical (unpaired) electrons. The van der Waals surface area contributed by atoms with Gasteiger partial charge in [0.25, 0.3) is 0 Å². The van der Waals surface area contributed by atoms with E-state index in [0.717, 1.165) is 51.1 Å². The van der Waals surface area contributed by atoms with Gasteiger partial charge in [0.15, 0.2) is 5.96 Å². The van der Waals surface area contributed by atoms with E-state index in [1.807, 2.05) is 23.1 Å². The number of guanidine groups is 1. The number of carbonyl (C=O) groups excluding carboxylic acids is 1. The van der Waals surface area contributed by atoms with Crippen molar-refractivity contribution in [1.29, 1.82) is 0 Å². The second kappa shape index (κ2) is 10.3. The number of aliphatic imine (C=N–C) groups is 1. The summed E-state index contributed by atoms with van der Waals surface area (Å²) in [6, 6.07) is 8.07. The molecule has 7 heteroatoms. The number of para-hydroxylation sites is 1. The summed E-state index contributed by atoms with van der Waals surface area (Å²) in [6.07, 6.45) is 4.31. The van der Waals surface area contributed by atoms with Crippen molar-refractivity contribution >= 4 is 17.6 Å². The number of anilines is 1. The Labute approximate surface area is 161 Å². The Hall–Kier alpha value is -2.12. The maximum absolute atomic E-state index is 12.5. The predicted octanol–water partition coefficient (Wildman–Crippen LogP) is 1.33. The summed E-state index contributed by atoms with van der Waals surface area (Å²) in [4.78, 5) is 18.5. The SMILES string of the molecule is CN=C(NCCCOCC1CCCO1)NCC(=O)N1CCc2ccccc21. The first-order valence-electron chi connectivity index (χ1n) is 9.80. The summed E-state index contributed by atoms with van der Waals surface area (Å²) in [7, 11) is 1.71. The first-order chi connectivity index (χ1) is 13.3. The maximum atomic E-state index is 12.5. The normalized spacial score (nSPS) is 19.2. The molecule has 0 spiro atoms. The largest absolute Gasteiger partial charge is 0.379 e. The van der Waals surface area contributed by atoms with Crippen LogP contribution in [0.5, 0.6) is 0 Å². The zero-order chi connectivity index (χ0) is 18.9. The summed E-state index contributed by atoms with van der Waals surface area (Å²) < 4.78 is 11.2. The molecule has 1 amide bonds. The van der Waals surface area contributed by atoms with Crippen molar-refractivity contribution < 1.29 is 14.3 Å². The number of hydrogen-bond donors (Lipinski definition) is 2. The number of hydrogen-bond acceptors (Lipinski definition) is 4. The van der Waals surface area contributed by atoms with E-state index in [-0.39, 0.29) is 18.6 Å². The molecule has 2 aliphatic rings. The van der Waals surface area contributed by atoms with Crippen LogP contribution in [0.2, 0.25) is 0 Å². The number of nitrogens with one attached hydrogen (secondary N) is 2. The van der Waals surface area contributed by atoms with Crippen molar-refractivity contribution in [2.45, 2.75) is 31.8 Å². The van der Waals surface area contributed by atoms with Crippen LogP contribution < -0.4 is 15.5 Å². The van der Waals surface area contributed by atoms with Gasteiger partial charge in [-0.15, -0.1) is 0 Å². The van der Waals surface area contributed by atoms with E-state index in [9.17, 15) is 4.79 Å². The van der Waals surface area contributed by atoms with Gasteiger partial charge in [-0.1, -0.05) is 18.2 Å². The molecule has 1 aromatic carbocycles. The van der Waals surface area contributed by atoms with Crippen LogP contribution in [0.1, 0.15) is 24.8 Å². The Kier molecular flexibility index (Phi) is 7.47. The van der Waals surface area contributed by atoms with Crippen molar-refractivity contribution in [3.63, 3.8) is 0 Å². The maximum Gasteiger partial charge on any atom is 0.246 e. The van der Waals surface area contributed by atoms with Crippen LogP contribution >= 0.6 is 0 Å². The molecule has 1 unspecified atom stereocenters.